The number of methoxy groups -OCH3 is 3. The van der Waals surface area contributed by atoms with Crippen LogP contribution in [-0.2, 0) is 14.3 Å². The molecule has 0 radical (unpaired) electrons. The van der Waals surface area contributed by atoms with Crippen LogP contribution in [0.1, 0.15) is 18.4 Å². The average Bonchev–Trinajstić information content (AvgIpc) is 3.35. The first-order valence-electron chi connectivity index (χ1n) is 9.40. The third-order valence-electron chi connectivity index (χ3n) is 4.71. The van der Waals surface area contributed by atoms with Gasteiger partial charge in [-0.05, 0) is 48.4 Å². The molecule has 0 saturated carbocycles. The van der Waals surface area contributed by atoms with Crippen molar-refractivity contribution in [1.82, 2.24) is 10.2 Å². The van der Waals surface area contributed by atoms with Crippen molar-refractivity contribution in [2.45, 2.75) is 18.9 Å². The van der Waals surface area contributed by atoms with E-state index in [1.807, 2.05) is 0 Å². The zero-order chi connectivity index (χ0) is 21.7. The maximum atomic E-state index is 12.7. The maximum Gasteiger partial charge on any atom is 0.294 e. The van der Waals surface area contributed by atoms with Gasteiger partial charge >= 0.3 is 0 Å². The first-order chi connectivity index (χ1) is 14.5. The number of ether oxygens (including phenoxy) is 4. The summed E-state index contributed by atoms with van der Waals surface area (Å²) >= 11 is 0.780. The van der Waals surface area contributed by atoms with Gasteiger partial charge in [-0.15, -0.1) is 0 Å². The molecule has 3 amide bonds. The minimum atomic E-state index is -0.522. The van der Waals surface area contributed by atoms with Crippen LogP contribution in [0, 0.1) is 0 Å². The summed E-state index contributed by atoms with van der Waals surface area (Å²) in [6.07, 6.45) is 3.40. The monoisotopic (exact) mass is 436 g/mol. The molecular formula is C20H24N2O7S. The first kappa shape index (κ1) is 22.0. The summed E-state index contributed by atoms with van der Waals surface area (Å²) in [6, 6.07) is 3.34. The molecule has 10 heteroatoms. The van der Waals surface area contributed by atoms with Crippen LogP contribution in [0.4, 0.5) is 4.79 Å². The number of nitrogens with one attached hydrogen (secondary N) is 1. The highest BCUT2D eigenvalue weighted by Gasteiger charge is 2.36. The van der Waals surface area contributed by atoms with Crippen LogP contribution < -0.4 is 19.5 Å². The summed E-state index contributed by atoms with van der Waals surface area (Å²) in [6.45, 7) is 0.732. The van der Waals surface area contributed by atoms with Gasteiger partial charge in [-0.3, -0.25) is 19.3 Å². The maximum absolute atomic E-state index is 12.7. The van der Waals surface area contributed by atoms with Crippen LogP contribution in [0.25, 0.3) is 6.08 Å². The van der Waals surface area contributed by atoms with Gasteiger partial charge in [0.1, 0.15) is 6.54 Å². The fourth-order valence-corrected chi connectivity index (χ4v) is 4.04. The minimum Gasteiger partial charge on any atom is -0.493 e. The summed E-state index contributed by atoms with van der Waals surface area (Å²) < 4.78 is 21.3. The molecule has 0 aliphatic carbocycles. The number of hydrogen-bond acceptors (Lipinski definition) is 8. The van der Waals surface area contributed by atoms with Crippen molar-refractivity contribution in [1.29, 1.82) is 0 Å². The van der Waals surface area contributed by atoms with E-state index in [-0.39, 0.29) is 17.6 Å². The fraction of sp³-hybridized carbons (Fsp3) is 0.450. The van der Waals surface area contributed by atoms with E-state index in [1.165, 1.54) is 21.3 Å². The Morgan fingerprint density at radius 3 is 2.50 bits per heavy atom. The van der Waals surface area contributed by atoms with Gasteiger partial charge in [0.25, 0.3) is 11.1 Å². The van der Waals surface area contributed by atoms with Crippen LogP contribution in [0.3, 0.4) is 0 Å². The Morgan fingerprint density at radius 1 is 1.23 bits per heavy atom. The van der Waals surface area contributed by atoms with E-state index >= 15 is 0 Å². The van der Waals surface area contributed by atoms with Crippen molar-refractivity contribution >= 4 is 34.9 Å². The highest BCUT2D eigenvalue weighted by molar-refractivity contribution is 8.18. The third kappa shape index (κ3) is 4.88. The number of imide groups is 1. The van der Waals surface area contributed by atoms with Crippen molar-refractivity contribution in [3.05, 3.63) is 22.6 Å². The van der Waals surface area contributed by atoms with Gasteiger partial charge < -0.3 is 24.3 Å². The summed E-state index contributed by atoms with van der Waals surface area (Å²) in [4.78, 5) is 38.3. The van der Waals surface area contributed by atoms with E-state index in [9.17, 15) is 14.4 Å². The van der Waals surface area contributed by atoms with Gasteiger partial charge in [0.15, 0.2) is 11.5 Å². The molecule has 0 spiro atoms. The summed E-state index contributed by atoms with van der Waals surface area (Å²) in [5.41, 5.74) is 0.595. The summed E-state index contributed by atoms with van der Waals surface area (Å²) in [5, 5.41) is 2.22. The van der Waals surface area contributed by atoms with Gasteiger partial charge in [0.05, 0.1) is 32.3 Å². The number of rotatable bonds is 8. The molecule has 0 aromatic heterocycles. The van der Waals surface area contributed by atoms with Crippen LogP contribution in [0.15, 0.2) is 17.0 Å². The SMILES string of the molecule is COc1cc(/C=C2\SC(=O)N(CC(=O)NC[C@@H]3CCCO3)C2=O)cc(OC)c1OC. The average molecular weight is 436 g/mol. The molecule has 2 aliphatic rings. The molecule has 0 unspecified atom stereocenters. The fourth-order valence-electron chi connectivity index (χ4n) is 3.20. The lowest BCUT2D eigenvalue weighted by atomic mass is 10.1. The molecule has 30 heavy (non-hydrogen) atoms. The summed E-state index contributed by atoms with van der Waals surface area (Å²) in [7, 11) is 4.48. The molecule has 2 heterocycles. The molecule has 2 fully saturated rings. The molecular weight excluding hydrogens is 412 g/mol. The number of amides is 3. The molecule has 1 N–H and O–H groups in total. The molecule has 1 aromatic carbocycles. The lowest BCUT2D eigenvalue weighted by Crippen LogP contribution is -2.41. The molecule has 3 rings (SSSR count). The largest absolute Gasteiger partial charge is 0.493 e. The van der Waals surface area contributed by atoms with Gasteiger partial charge in [0, 0.05) is 13.2 Å². The molecule has 162 valence electrons. The van der Waals surface area contributed by atoms with Crippen molar-refractivity contribution in [3.8, 4) is 17.2 Å². The molecule has 2 aliphatic heterocycles. The molecule has 2 saturated heterocycles. The Morgan fingerprint density at radius 2 is 1.93 bits per heavy atom. The smallest absolute Gasteiger partial charge is 0.294 e. The van der Waals surface area contributed by atoms with E-state index in [0.29, 0.717) is 36.0 Å². The highest BCUT2D eigenvalue weighted by atomic mass is 32.2. The normalized spacial score (nSPS) is 20.0. The predicted octanol–water partition coefficient (Wildman–Crippen LogP) is 2.04. The van der Waals surface area contributed by atoms with Crippen LogP contribution in [0.5, 0.6) is 17.2 Å². The van der Waals surface area contributed by atoms with E-state index in [2.05, 4.69) is 5.32 Å². The lowest BCUT2D eigenvalue weighted by molar-refractivity contribution is -0.129. The predicted molar refractivity (Wildman–Crippen MR) is 111 cm³/mol. The highest BCUT2D eigenvalue weighted by Crippen LogP contribution is 2.40. The van der Waals surface area contributed by atoms with Crippen molar-refractivity contribution in [2.24, 2.45) is 0 Å². The zero-order valence-electron chi connectivity index (χ0n) is 17.1. The van der Waals surface area contributed by atoms with E-state index in [1.54, 1.807) is 18.2 Å². The van der Waals surface area contributed by atoms with E-state index < -0.39 is 17.1 Å². The number of carbonyl (C=O) groups excluding carboxylic acids is 3. The van der Waals surface area contributed by atoms with Crippen molar-refractivity contribution in [3.63, 3.8) is 0 Å². The van der Waals surface area contributed by atoms with Crippen molar-refractivity contribution < 1.29 is 33.3 Å². The first-order valence-corrected chi connectivity index (χ1v) is 10.2. The third-order valence-corrected chi connectivity index (χ3v) is 5.62. The van der Waals surface area contributed by atoms with Crippen LogP contribution in [0.2, 0.25) is 0 Å². The lowest BCUT2D eigenvalue weighted by Gasteiger charge is -2.14. The van der Waals surface area contributed by atoms with E-state index in [0.717, 1.165) is 29.5 Å². The quantitative estimate of drug-likeness (QED) is 0.618. The Balaban J connectivity index is 1.70. The molecule has 9 nitrogen and oxygen atoms in total. The standard InChI is InChI=1S/C20H24N2O7S/c1-26-14-7-12(8-15(27-2)18(14)28-3)9-16-19(24)22(20(25)30-16)11-17(23)21-10-13-5-4-6-29-13/h7-9,13H,4-6,10-11H2,1-3H3,(H,21,23)/b16-9-/t13-/m0/s1. The second kappa shape index (κ2) is 9.86. The Hall–Kier alpha value is -2.72. The number of carbonyl (C=O) groups is 3. The second-order valence-corrected chi connectivity index (χ2v) is 7.66. The van der Waals surface area contributed by atoms with Crippen LogP contribution >= 0.6 is 11.8 Å². The van der Waals surface area contributed by atoms with Gasteiger partial charge in [-0.25, -0.2) is 0 Å². The van der Waals surface area contributed by atoms with Crippen molar-refractivity contribution in [2.75, 3.05) is 41.0 Å². The Kier molecular flexibility index (Phi) is 7.22. The number of thioether (sulfide) groups is 1. The minimum absolute atomic E-state index is 0.0104. The molecule has 1 aromatic rings. The van der Waals surface area contributed by atoms with Gasteiger partial charge in [-0.2, -0.15) is 0 Å². The van der Waals surface area contributed by atoms with Gasteiger partial charge in [0.2, 0.25) is 11.7 Å². The molecule has 1 atom stereocenters. The zero-order valence-corrected chi connectivity index (χ0v) is 17.9. The Bertz CT molecular complexity index is 840. The Labute approximate surface area is 178 Å². The van der Waals surface area contributed by atoms with Gasteiger partial charge in [-0.1, -0.05) is 0 Å². The number of hydrogen-bond donors (Lipinski definition) is 1. The second-order valence-electron chi connectivity index (χ2n) is 6.67. The van der Waals surface area contributed by atoms with E-state index in [4.69, 9.17) is 18.9 Å². The number of benzene rings is 1. The number of nitrogens with zero attached hydrogens (tertiary/aromatic N) is 1. The molecule has 0 bridgehead atoms. The summed E-state index contributed by atoms with van der Waals surface area (Å²) in [5.74, 6) is 0.354. The topological polar surface area (TPSA) is 103 Å². The van der Waals surface area contributed by atoms with Crippen LogP contribution in [-0.4, -0.2) is 69.1 Å².